The minimum Gasteiger partial charge on any atom is -0.449 e. The second-order valence-electron chi connectivity index (χ2n) is 6.22. The highest BCUT2D eigenvalue weighted by molar-refractivity contribution is 7.89. The number of likely N-dealkylation sites (N-methyl/N-ethyl adjacent to an activating group) is 1. The van der Waals surface area contributed by atoms with Crippen LogP contribution < -0.4 is 10.0 Å². The second kappa shape index (κ2) is 9.48. The van der Waals surface area contributed by atoms with E-state index in [4.69, 9.17) is 4.74 Å². The number of esters is 1. The fourth-order valence-corrected chi connectivity index (χ4v) is 3.78. The molecule has 0 aliphatic rings. The Morgan fingerprint density at radius 1 is 1.04 bits per heavy atom. The van der Waals surface area contributed by atoms with Gasteiger partial charge < -0.3 is 10.1 Å². The van der Waals surface area contributed by atoms with Crippen molar-refractivity contribution in [1.82, 2.24) is 10.0 Å². The number of amides is 1. The zero-order chi connectivity index (χ0) is 20.7. The molecule has 2 atom stereocenters. The van der Waals surface area contributed by atoms with Crippen LogP contribution in [0, 0.1) is 0 Å². The Morgan fingerprint density at radius 3 is 2.36 bits per heavy atom. The summed E-state index contributed by atoms with van der Waals surface area (Å²) in [5.41, 5.74) is 0.865. The minimum absolute atomic E-state index is 0.0476. The molecule has 0 spiro atoms. The van der Waals surface area contributed by atoms with E-state index in [2.05, 4.69) is 10.0 Å². The van der Waals surface area contributed by atoms with Gasteiger partial charge in [-0.15, -0.1) is 0 Å². The van der Waals surface area contributed by atoms with E-state index >= 15 is 0 Å². The van der Waals surface area contributed by atoms with Crippen molar-refractivity contribution in [2.75, 3.05) is 6.54 Å². The predicted octanol–water partition coefficient (Wildman–Crippen LogP) is 2.41. The average Bonchev–Trinajstić information content (AvgIpc) is 2.68. The van der Waals surface area contributed by atoms with Gasteiger partial charge in [-0.3, -0.25) is 4.79 Å². The van der Waals surface area contributed by atoms with Crippen molar-refractivity contribution in [3.63, 3.8) is 0 Å². The molecule has 2 N–H and O–H groups in total. The van der Waals surface area contributed by atoms with Crippen molar-refractivity contribution in [2.45, 2.75) is 37.8 Å². The lowest BCUT2D eigenvalue weighted by atomic mass is 10.1. The maximum Gasteiger partial charge on any atom is 0.338 e. The first-order valence-corrected chi connectivity index (χ1v) is 10.4. The molecule has 0 fully saturated rings. The molecule has 150 valence electrons. The summed E-state index contributed by atoms with van der Waals surface area (Å²) in [5, 5.41) is 2.55. The summed E-state index contributed by atoms with van der Waals surface area (Å²) < 4.78 is 33.0. The van der Waals surface area contributed by atoms with Crippen molar-refractivity contribution in [3.8, 4) is 0 Å². The summed E-state index contributed by atoms with van der Waals surface area (Å²) in [7, 11) is -3.85. The summed E-state index contributed by atoms with van der Waals surface area (Å²) in [4.78, 5) is 23.9. The smallest absolute Gasteiger partial charge is 0.338 e. The summed E-state index contributed by atoms with van der Waals surface area (Å²) in [5.74, 6) is -1.19. The summed E-state index contributed by atoms with van der Waals surface area (Å²) in [6, 6.07) is 14.2. The normalized spacial score (nSPS) is 13.4. The van der Waals surface area contributed by atoms with Crippen molar-refractivity contribution in [3.05, 3.63) is 65.7 Å². The fraction of sp³-hybridized carbons (Fsp3) is 0.300. The molecule has 0 saturated carbocycles. The van der Waals surface area contributed by atoms with Gasteiger partial charge in [-0.25, -0.2) is 17.9 Å². The number of rotatable bonds is 8. The van der Waals surface area contributed by atoms with E-state index in [0.717, 1.165) is 5.56 Å². The van der Waals surface area contributed by atoms with Gasteiger partial charge in [0, 0.05) is 12.6 Å². The van der Waals surface area contributed by atoms with E-state index in [1.54, 1.807) is 13.8 Å². The van der Waals surface area contributed by atoms with Gasteiger partial charge in [-0.05, 0) is 44.5 Å². The SMILES string of the molecule is CCNC(=O)[C@H](C)OC(=O)c1cccc(S(=O)(=O)N[C@@H](C)c2ccccc2)c1. The average molecular weight is 404 g/mol. The number of ether oxygens (including phenoxy) is 1. The molecule has 2 aromatic rings. The molecular formula is C20H24N2O5S. The van der Waals surface area contributed by atoms with Crippen molar-refractivity contribution in [1.29, 1.82) is 0 Å². The third-order valence-electron chi connectivity index (χ3n) is 4.02. The lowest BCUT2D eigenvalue weighted by molar-refractivity contribution is -0.128. The van der Waals surface area contributed by atoms with Crippen LogP contribution >= 0.6 is 0 Å². The Bertz CT molecular complexity index is 929. The first kappa shape index (κ1) is 21.6. The number of sulfonamides is 1. The first-order chi connectivity index (χ1) is 13.2. The Hall–Kier alpha value is -2.71. The Labute approximate surface area is 165 Å². The van der Waals surface area contributed by atoms with Crippen LogP contribution in [-0.2, 0) is 19.6 Å². The van der Waals surface area contributed by atoms with Gasteiger partial charge >= 0.3 is 5.97 Å². The van der Waals surface area contributed by atoms with Crippen LogP contribution in [0.4, 0.5) is 0 Å². The molecule has 28 heavy (non-hydrogen) atoms. The van der Waals surface area contributed by atoms with Gasteiger partial charge in [0.15, 0.2) is 6.10 Å². The zero-order valence-corrected chi connectivity index (χ0v) is 16.8. The Morgan fingerprint density at radius 2 is 1.71 bits per heavy atom. The summed E-state index contributed by atoms with van der Waals surface area (Å²) in [6.45, 7) is 5.36. The van der Waals surface area contributed by atoms with Gasteiger partial charge in [0.1, 0.15) is 0 Å². The first-order valence-electron chi connectivity index (χ1n) is 8.90. The number of benzene rings is 2. The lowest BCUT2D eigenvalue weighted by Crippen LogP contribution is -2.35. The van der Waals surface area contributed by atoms with E-state index in [-0.39, 0.29) is 10.5 Å². The lowest BCUT2D eigenvalue weighted by Gasteiger charge is -2.15. The predicted molar refractivity (Wildman–Crippen MR) is 105 cm³/mol. The van der Waals surface area contributed by atoms with Crippen molar-refractivity contribution < 1.29 is 22.7 Å². The van der Waals surface area contributed by atoms with Crippen LogP contribution in [0.2, 0.25) is 0 Å². The van der Waals surface area contributed by atoms with Crippen LogP contribution in [0.15, 0.2) is 59.5 Å². The Balaban J connectivity index is 2.15. The van der Waals surface area contributed by atoms with Gasteiger partial charge in [-0.2, -0.15) is 0 Å². The van der Waals surface area contributed by atoms with Gasteiger partial charge in [0.2, 0.25) is 10.0 Å². The van der Waals surface area contributed by atoms with E-state index in [0.29, 0.717) is 6.54 Å². The number of hydrogen-bond acceptors (Lipinski definition) is 5. The zero-order valence-electron chi connectivity index (χ0n) is 16.0. The molecular weight excluding hydrogens is 380 g/mol. The molecule has 0 saturated heterocycles. The van der Waals surface area contributed by atoms with E-state index in [1.807, 2.05) is 30.3 Å². The molecule has 0 aromatic heterocycles. The molecule has 0 unspecified atom stereocenters. The highest BCUT2D eigenvalue weighted by Crippen LogP contribution is 2.18. The van der Waals surface area contributed by atoms with Crippen LogP contribution in [0.5, 0.6) is 0 Å². The molecule has 0 aliphatic heterocycles. The topological polar surface area (TPSA) is 102 Å². The summed E-state index contributed by atoms with van der Waals surface area (Å²) >= 11 is 0. The molecule has 0 heterocycles. The van der Waals surface area contributed by atoms with Crippen molar-refractivity contribution >= 4 is 21.9 Å². The van der Waals surface area contributed by atoms with Gasteiger partial charge in [0.25, 0.3) is 5.91 Å². The van der Waals surface area contributed by atoms with Crippen LogP contribution in [0.1, 0.15) is 42.7 Å². The molecule has 0 aliphatic carbocycles. The summed E-state index contributed by atoms with van der Waals surface area (Å²) in [6.07, 6.45) is -0.982. The van der Waals surface area contributed by atoms with E-state index in [9.17, 15) is 18.0 Å². The standard InChI is InChI=1S/C20H24N2O5S/c1-4-21-19(23)15(3)27-20(24)17-11-8-12-18(13-17)28(25,26)22-14(2)16-9-6-5-7-10-16/h5-15,22H,4H2,1-3H3,(H,21,23)/t14-,15-/m0/s1. The minimum atomic E-state index is -3.85. The molecule has 7 nitrogen and oxygen atoms in total. The highest BCUT2D eigenvalue weighted by atomic mass is 32.2. The molecule has 8 heteroatoms. The molecule has 0 radical (unpaired) electrons. The number of carbonyl (C=O) groups is 2. The quantitative estimate of drug-likeness (QED) is 0.658. The Kier molecular flexibility index (Phi) is 7.31. The number of nitrogens with one attached hydrogen (secondary N) is 2. The number of hydrogen-bond donors (Lipinski definition) is 2. The molecule has 0 bridgehead atoms. The van der Waals surface area contributed by atoms with Gasteiger partial charge in [-0.1, -0.05) is 36.4 Å². The van der Waals surface area contributed by atoms with Crippen LogP contribution in [-0.4, -0.2) is 32.9 Å². The van der Waals surface area contributed by atoms with Crippen molar-refractivity contribution in [2.24, 2.45) is 0 Å². The maximum absolute atomic E-state index is 12.7. The van der Waals surface area contributed by atoms with Crippen LogP contribution in [0.3, 0.4) is 0 Å². The van der Waals surface area contributed by atoms with E-state index in [1.165, 1.54) is 31.2 Å². The second-order valence-corrected chi connectivity index (χ2v) is 7.94. The largest absolute Gasteiger partial charge is 0.449 e. The van der Waals surface area contributed by atoms with Crippen LogP contribution in [0.25, 0.3) is 0 Å². The highest BCUT2D eigenvalue weighted by Gasteiger charge is 2.22. The third kappa shape index (κ3) is 5.64. The molecule has 2 rings (SSSR count). The van der Waals surface area contributed by atoms with E-state index < -0.39 is 34.0 Å². The fourth-order valence-electron chi connectivity index (χ4n) is 2.50. The third-order valence-corrected chi connectivity index (χ3v) is 5.55. The monoisotopic (exact) mass is 404 g/mol. The van der Waals surface area contributed by atoms with Gasteiger partial charge in [0.05, 0.1) is 10.5 Å². The maximum atomic E-state index is 12.7. The molecule has 2 aromatic carbocycles. The number of carbonyl (C=O) groups excluding carboxylic acids is 2. The molecule has 1 amide bonds.